The number of hydrogen-bond donors (Lipinski definition) is 3. The van der Waals surface area contributed by atoms with Crippen LogP contribution in [-0.4, -0.2) is 53.0 Å². The average molecular weight is 278 g/mol. The lowest BCUT2D eigenvalue weighted by molar-refractivity contribution is 0.204. The summed E-state index contributed by atoms with van der Waals surface area (Å²) < 4.78 is 0. The van der Waals surface area contributed by atoms with Crippen LogP contribution >= 0.6 is 0 Å². The molecular formula is C15H22N2O3. The molecule has 0 amide bonds. The minimum absolute atomic E-state index is 0.0966. The van der Waals surface area contributed by atoms with Gasteiger partial charge in [0.25, 0.3) is 0 Å². The summed E-state index contributed by atoms with van der Waals surface area (Å²) in [6, 6.07) is 3.62. The van der Waals surface area contributed by atoms with Crippen molar-refractivity contribution < 1.29 is 15.3 Å². The van der Waals surface area contributed by atoms with Gasteiger partial charge in [0.2, 0.25) is 0 Å². The number of nitrogens with zero attached hydrogens (tertiary/aromatic N) is 2. The third kappa shape index (κ3) is 5.50. The number of phenols is 1. The molecule has 0 aromatic heterocycles. The largest absolute Gasteiger partial charge is 0.507 e. The van der Waals surface area contributed by atoms with Crippen molar-refractivity contribution in [3.8, 4) is 5.75 Å². The molecule has 1 aromatic carbocycles. The second-order valence-electron chi connectivity index (χ2n) is 4.98. The summed E-state index contributed by atoms with van der Waals surface area (Å²) >= 11 is 0. The first kappa shape index (κ1) is 16.3. The standard InChI is InChI=1S/C15H22N2O3/c1-10-4-13(8-16-6-11(2)18)15(20)14(5-10)9-17-7-12(3)19/h4-5,8-9,11-12,18-20H,6-7H2,1-3H3/t11-,12+. The van der Waals surface area contributed by atoms with Crippen molar-refractivity contribution in [2.75, 3.05) is 13.1 Å². The van der Waals surface area contributed by atoms with Crippen LogP contribution in [0, 0.1) is 6.92 Å². The Labute approximate surface area is 119 Å². The van der Waals surface area contributed by atoms with Gasteiger partial charge in [-0.15, -0.1) is 0 Å². The predicted octanol–water partition coefficient (Wildman–Crippen LogP) is 1.30. The second kappa shape index (κ2) is 7.77. The van der Waals surface area contributed by atoms with Crippen LogP contribution in [0.4, 0.5) is 0 Å². The average Bonchev–Trinajstić information content (AvgIpc) is 2.33. The van der Waals surface area contributed by atoms with E-state index in [2.05, 4.69) is 9.98 Å². The Morgan fingerprint density at radius 3 is 1.75 bits per heavy atom. The van der Waals surface area contributed by atoms with E-state index in [1.165, 1.54) is 0 Å². The molecule has 0 saturated carbocycles. The van der Waals surface area contributed by atoms with Crippen molar-refractivity contribution in [2.45, 2.75) is 33.0 Å². The lowest BCUT2D eigenvalue weighted by Crippen LogP contribution is -2.05. The molecule has 3 N–H and O–H groups in total. The number of aliphatic hydroxyl groups excluding tert-OH is 2. The van der Waals surface area contributed by atoms with E-state index in [-0.39, 0.29) is 5.75 Å². The molecule has 0 fully saturated rings. The summed E-state index contributed by atoms with van der Waals surface area (Å²) in [6.45, 7) is 5.80. The van der Waals surface area contributed by atoms with Crippen LogP contribution in [0.1, 0.15) is 30.5 Å². The van der Waals surface area contributed by atoms with E-state index in [4.69, 9.17) is 10.2 Å². The minimum atomic E-state index is -0.509. The van der Waals surface area contributed by atoms with Gasteiger partial charge < -0.3 is 15.3 Å². The van der Waals surface area contributed by atoms with E-state index < -0.39 is 12.2 Å². The van der Waals surface area contributed by atoms with Crippen LogP contribution in [0.2, 0.25) is 0 Å². The number of hydrogen-bond acceptors (Lipinski definition) is 5. The Morgan fingerprint density at radius 1 is 1.00 bits per heavy atom. The molecule has 2 atom stereocenters. The normalized spacial score (nSPS) is 15.1. The summed E-state index contributed by atoms with van der Waals surface area (Å²) in [6.07, 6.45) is 2.07. The lowest BCUT2D eigenvalue weighted by atomic mass is 10.1. The van der Waals surface area contributed by atoms with Crippen molar-refractivity contribution in [2.24, 2.45) is 9.98 Å². The first-order chi connectivity index (χ1) is 9.40. The third-order valence-electron chi connectivity index (χ3n) is 2.51. The quantitative estimate of drug-likeness (QED) is 0.686. The number of aliphatic imine (C=N–C) groups is 2. The third-order valence-corrected chi connectivity index (χ3v) is 2.51. The summed E-state index contributed by atoms with van der Waals surface area (Å²) in [5.74, 6) is 0.0966. The lowest BCUT2D eigenvalue weighted by Gasteiger charge is -2.06. The SMILES string of the molecule is Cc1cc(C=NC[C@H](C)O)c(O)c(C=NC[C@@H](C)O)c1. The zero-order valence-corrected chi connectivity index (χ0v) is 12.1. The molecule has 0 unspecified atom stereocenters. The maximum absolute atomic E-state index is 10.1. The molecule has 1 rings (SSSR count). The van der Waals surface area contributed by atoms with Crippen LogP contribution in [-0.2, 0) is 0 Å². The van der Waals surface area contributed by atoms with Gasteiger partial charge >= 0.3 is 0 Å². The highest BCUT2D eigenvalue weighted by atomic mass is 16.3. The number of phenolic OH excluding ortho intramolecular Hbond substituents is 1. The van der Waals surface area contributed by atoms with Crippen molar-refractivity contribution >= 4 is 12.4 Å². The molecule has 0 aliphatic rings. The van der Waals surface area contributed by atoms with Gasteiger partial charge in [-0.05, 0) is 38.5 Å². The Balaban J connectivity index is 2.94. The molecule has 1 aromatic rings. The molecule has 0 aliphatic carbocycles. The number of rotatable bonds is 6. The molecule has 0 radical (unpaired) electrons. The van der Waals surface area contributed by atoms with Gasteiger partial charge in [-0.25, -0.2) is 0 Å². The summed E-state index contributed by atoms with van der Waals surface area (Å²) in [7, 11) is 0. The van der Waals surface area contributed by atoms with Gasteiger partial charge in [0.05, 0.1) is 25.3 Å². The Morgan fingerprint density at radius 2 is 1.40 bits per heavy atom. The highest BCUT2D eigenvalue weighted by Crippen LogP contribution is 2.21. The molecular weight excluding hydrogens is 256 g/mol. The van der Waals surface area contributed by atoms with E-state index in [9.17, 15) is 5.11 Å². The topological polar surface area (TPSA) is 85.4 Å². The van der Waals surface area contributed by atoms with Crippen molar-refractivity contribution in [3.05, 3.63) is 28.8 Å². The molecule has 20 heavy (non-hydrogen) atoms. The van der Waals surface area contributed by atoms with E-state index in [1.807, 2.05) is 19.1 Å². The summed E-state index contributed by atoms with van der Waals surface area (Å²) in [5, 5.41) is 28.4. The van der Waals surface area contributed by atoms with E-state index in [1.54, 1.807) is 26.3 Å². The van der Waals surface area contributed by atoms with Crippen molar-refractivity contribution in [3.63, 3.8) is 0 Å². The highest BCUT2D eigenvalue weighted by Gasteiger charge is 2.06. The molecule has 0 saturated heterocycles. The maximum atomic E-state index is 10.1. The van der Waals surface area contributed by atoms with Crippen LogP contribution in [0.15, 0.2) is 22.1 Å². The van der Waals surface area contributed by atoms with Gasteiger partial charge in [0.1, 0.15) is 5.75 Å². The van der Waals surface area contributed by atoms with Gasteiger partial charge in [0, 0.05) is 23.6 Å². The summed E-state index contributed by atoms with van der Waals surface area (Å²) in [4.78, 5) is 8.15. The first-order valence-corrected chi connectivity index (χ1v) is 6.59. The zero-order chi connectivity index (χ0) is 15.1. The fourth-order valence-corrected chi connectivity index (χ4v) is 1.64. The molecule has 0 spiro atoms. The van der Waals surface area contributed by atoms with Crippen LogP contribution < -0.4 is 0 Å². The molecule has 0 aliphatic heterocycles. The number of aryl methyl sites for hydroxylation is 1. The number of aliphatic hydroxyl groups is 2. The van der Waals surface area contributed by atoms with Crippen molar-refractivity contribution in [1.29, 1.82) is 0 Å². The Kier molecular flexibility index (Phi) is 6.35. The highest BCUT2D eigenvalue weighted by molar-refractivity contribution is 5.92. The second-order valence-corrected chi connectivity index (χ2v) is 4.98. The fraction of sp³-hybridized carbons (Fsp3) is 0.467. The van der Waals surface area contributed by atoms with Gasteiger partial charge in [0.15, 0.2) is 0 Å². The minimum Gasteiger partial charge on any atom is -0.507 e. The van der Waals surface area contributed by atoms with Gasteiger partial charge in [-0.1, -0.05) is 0 Å². The molecule has 0 bridgehead atoms. The zero-order valence-electron chi connectivity index (χ0n) is 12.1. The Bertz CT molecular complexity index is 453. The molecule has 0 heterocycles. The van der Waals surface area contributed by atoms with Crippen LogP contribution in [0.5, 0.6) is 5.75 Å². The van der Waals surface area contributed by atoms with E-state index >= 15 is 0 Å². The predicted molar refractivity (Wildman–Crippen MR) is 81.1 cm³/mol. The first-order valence-electron chi connectivity index (χ1n) is 6.59. The Hall–Kier alpha value is -1.72. The smallest absolute Gasteiger partial charge is 0.133 e. The molecule has 110 valence electrons. The van der Waals surface area contributed by atoms with Gasteiger partial charge in [-0.2, -0.15) is 0 Å². The monoisotopic (exact) mass is 278 g/mol. The van der Waals surface area contributed by atoms with Gasteiger partial charge in [-0.3, -0.25) is 9.98 Å². The number of benzene rings is 1. The van der Waals surface area contributed by atoms with E-state index in [0.29, 0.717) is 24.2 Å². The van der Waals surface area contributed by atoms with Crippen molar-refractivity contribution in [1.82, 2.24) is 0 Å². The summed E-state index contributed by atoms with van der Waals surface area (Å²) in [5.41, 5.74) is 2.15. The molecule has 5 nitrogen and oxygen atoms in total. The molecule has 5 heteroatoms. The van der Waals surface area contributed by atoms with Crippen LogP contribution in [0.25, 0.3) is 0 Å². The fourth-order valence-electron chi connectivity index (χ4n) is 1.64. The maximum Gasteiger partial charge on any atom is 0.133 e. The van der Waals surface area contributed by atoms with E-state index in [0.717, 1.165) is 5.56 Å². The van der Waals surface area contributed by atoms with Crippen LogP contribution in [0.3, 0.4) is 0 Å². The number of aromatic hydroxyl groups is 1.